The van der Waals surface area contributed by atoms with E-state index in [0.29, 0.717) is 12.3 Å². The van der Waals surface area contributed by atoms with E-state index in [-0.39, 0.29) is 11.4 Å². The SMILES string of the molecule is C=C1CC[C@@](C)(CC(=O)OC)C1C. The molecule has 0 spiro atoms. The largest absolute Gasteiger partial charge is 0.469 e. The van der Waals surface area contributed by atoms with Gasteiger partial charge in [0.25, 0.3) is 0 Å². The Kier molecular flexibility index (Phi) is 2.79. The van der Waals surface area contributed by atoms with Gasteiger partial charge in [-0.1, -0.05) is 26.0 Å². The van der Waals surface area contributed by atoms with Gasteiger partial charge in [-0.2, -0.15) is 0 Å². The zero-order valence-corrected chi connectivity index (χ0v) is 8.72. The first-order valence-corrected chi connectivity index (χ1v) is 4.74. The van der Waals surface area contributed by atoms with Crippen LogP contribution < -0.4 is 0 Å². The summed E-state index contributed by atoms with van der Waals surface area (Å²) in [6.07, 6.45) is 2.63. The van der Waals surface area contributed by atoms with E-state index >= 15 is 0 Å². The van der Waals surface area contributed by atoms with Crippen molar-refractivity contribution in [2.45, 2.75) is 33.1 Å². The van der Waals surface area contributed by atoms with Crippen LogP contribution >= 0.6 is 0 Å². The summed E-state index contributed by atoms with van der Waals surface area (Å²) in [7, 11) is 1.44. The molecule has 0 aromatic heterocycles. The van der Waals surface area contributed by atoms with Gasteiger partial charge in [0.15, 0.2) is 0 Å². The lowest BCUT2D eigenvalue weighted by molar-refractivity contribution is -0.143. The van der Waals surface area contributed by atoms with E-state index in [0.717, 1.165) is 12.8 Å². The summed E-state index contributed by atoms with van der Waals surface area (Å²) in [6.45, 7) is 8.31. The molecule has 2 atom stereocenters. The third-order valence-corrected chi connectivity index (χ3v) is 3.45. The van der Waals surface area contributed by atoms with Crippen molar-refractivity contribution in [2.24, 2.45) is 11.3 Å². The molecule has 1 rings (SSSR count). The van der Waals surface area contributed by atoms with E-state index in [4.69, 9.17) is 4.74 Å². The first-order valence-electron chi connectivity index (χ1n) is 4.74. The first kappa shape index (κ1) is 10.3. The van der Waals surface area contributed by atoms with Crippen molar-refractivity contribution in [1.82, 2.24) is 0 Å². The molecule has 0 heterocycles. The monoisotopic (exact) mass is 182 g/mol. The Hall–Kier alpha value is -0.790. The van der Waals surface area contributed by atoms with Crippen LogP contribution in [0, 0.1) is 11.3 Å². The fourth-order valence-electron chi connectivity index (χ4n) is 2.02. The zero-order chi connectivity index (χ0) is 10.1. The Bertz CT molecular complexity index is 232. The maximum atomic E-state index is 11.2. The van der Waals surface area contributed by atoms with Crippen molar-refractivity contribution >= 4 is 5.97 Å². The Balaban J connectivity index is 2.66. The lowest BCUT2D eigenvalue weighted by atomic mass is 9.77. The van der Waals surface area contributed by atoms with Crippen molar-refractivity contribution in [3.8, 4) is 0 Å². The Morgan fingerprint density at radius 3 is 2.77 bits per heavy atom. The third-order valence-electron chi connectivity index (χ3n) is 3.45. The lowest BCUT2D eigenvalue weighted by Gasteiger charge is -2.27. The van der Waals surface area contributed by atoms with Crippen LogP contribution in [0.3, 0.4) is 0 Å². The normalized spacial score (nSPS) is 33.5. The summed E-state index contributed by atoms with van der Waals surface area (Å²) in [5, 5.41) is 0. The molecule has 1 fully saturated rings. The number of hydrogen-bond acceptors (Lipinski definition) is 2. The van der Waals surface area contributed by atoms with Gasteiger partial charge in [-0.05, 0) is 24.2 Å². The summed E-state index contributed by atoms with van der Waals surface area (Å²) >= 11 is 0. The molecule has 0 aliphatic heterocycles. The second-order valence-corrected chi connectivity index (χ2v) is 4.29. The molecule has 2 heteroatoms. The minimum atomic E-state index is -0.107. The fraction of sp³-hybridized carbons (Fsp3) is 0.727. The number of carbonyl (C=O) groups is 1. The van der Waals surface area contributed by atoms with Crippen LogP contribution in [0.15, 0.2) is 12.2 Å². The van der Waals surface area contributed by atoms with Gasteiger partial charge in [0.1, 0.15) is 0 Å². The van der Waals surface area contributed by atoms with Gasteiger partial charge in [-0.3, -0.25) is 4.79 Å². The fourth-order valence-corrected chi connectivity index (χ4v) is 2.02. The third kappa shape index (κ3) is 1.93. The van der Waals surface area contributed by atoms with Gasteiger partial charge >= 0.3 is 5.97 Å². The molecule has 0 aromatic rings. The Labute approximate surface area is 80.0 Å². The van der Waals surface area contributed by atoms with Crippen LogP contribution in [-0.4, -0.2) is 13.1 Å². The molecule has 0 radical (unpaired) electrons. The maximum Gasteiger partial charge on any atom is 0.306 e. The summed E-state index contributed by atoms with van der Waals surface area (Å²) in [5.74, 6) is 0.329. The molecule has 1 saturated carbocycles. The number of allylic oxidation sites excluding steroid dienone is 1. The summed E-state index contributed by atoms with van der Waals surface area (Å²) in [5.41, 5.74) is 1.34. The summed E-state index contributed by atoms with van der Waals surface area (Å²) in [4.78, 5) is 11.2. The Morgan fingerprint density at radius 1 is 1.77 bits per heavy atom. The van der Waals surface area contributed by atoms with Crippen molar-refractivity contribution in [3.05, 3.63) is 12.2 Å². The average molecular weight is 182 g/mol. The van der Waals surface area contributed by atoms with Crippen LogP contribution in [0.2, 0.25) is 0 Å². The molecule has 1 aliphatic rings. The van der Waals surface area contributed by atoms with E-state index in [1.165, 1.54) is 12.7 Å². The standard InChI is InChI=1S/C11H18O2/c1-8-5-6-11(3,9(8)2)7-10(12)13-4/h9H,1,5-7H2,2-4H3/t9?,11-/m0/s1. The van der Waals surface area contributed by atoms with Crippen LogP contribution in [0.5, 0.6) is 0 Å². The smallest absolute Gasteiger partial charge is 0.306 e. The van der Waals surface area contributed by atoms with Crippen LogP contribution in [0.1, 0.15) is 33.1 Å². The van der Waals surface area contributed by atoms with E-state index < -0.39 is 0 Å². The Morgan fingerprint density at radius 2 is 2.38 bits per heavy atom. The van der Waals surface area contributed by atoms with Gasteiger partial charge in [-0.25, -0.2) is 0 Å². The van der Waals surface area contributed by atoms with Crippen molar-refractivity contribution in [2.75, 3.05) is 7.11 Å². The number of esters is 1. The maximum absolute atomic E-state index is 11.2. The highest BCUT2D eigenvalue weighted by Crippen LogP contribution is 2.47. The highest BCUT2D eigenvalue weighted by molar-refractivity contribution is 5.70. The quantitative estimate of drug-likeness (QED) is 0.484. The van der Waals surface area contributed by atoms with E-state index in [9.17, 15) is 4.79 Å². The highest BCUT2D eigenvalue weighted by Gasteiger charge is 2.39. The van der Waals surface area contributed by atoms with E-state index in [2.05, 4.69) is 20.4 Å². The molecule has 1 unspecified atom stereocenters. The number of hydrogen-bond donors (Lipinski definition) is 0. The van der Waals surface area contributed by atoms with Crippen molar-refractivity contribution in [1.29, 1.82) is 0 Å². The van der Waals surface area contributed by atoms with Crippen LogP contribution in [0.4, 0.5) is 0 Å². The molecule has 2 nitrogen and oxygen atoms in total. The second kappa shape index (κ2) is 3.52. The lowest BCUT2D eigenvalue weighted by Crippen LogP contribution is -2.24. The van der Waals surface area contributed by atoms with E-state index in [1.807, 2.05) is 0 Å². The minimum absolute atomic E-state index is 0.0736. The minimum Gasteiger partial charge on any atom is -0.469 e. The van der Waals surface area contributed by atoms with Crippen molar-refractivity contribution in [3.63, 3.8) is 0 Å². The average Bonchev–Trinajstić information content (AvgIpc) is 2.34. The number of rotatable bonds is 2. The number of ether oxygens (including phenoxy) is 1. The van der Waals surface area contributed by atoms with Gasteiger partial charge in [0.2, 0.25) is 0 Å². The number of carbonyl (C=O) groups excluding carboxylic acids is 1. The van der Waals surface area contributed by atoms with Crippen molar-refractivity contribution < 1.29 is 9.53 Å². The van der Waals surface area contributed by atoms with Gasteiger partial charge in [-0.15, -0.1) is 0 Å². The summed E-state index contributed by atoms with van der Waals surface area (Å²) in [6, 6.07) is 0. The first-order chi connectivity index (χ1) is 5.99. The molecule has 0 saturated heterocycles. The second-order valence-electron chi connectivity index (χ2n) is 4.29. The molecule has 0 amide bonds. The van der Waals surface area contributed by atoms with Crippen LogP contribution in [-0.2, 0) is 9.53 Å². The van der Waals surface area contributed by atoms with Crippen LogP contribution in [0.25, 0.3) is 0 Å². The topological polar surface area (TPSA) is 26.3 Å². The molecule has 0 aromatic carbocycles. The van der Waals surface area contributed by atoms with Gasteiger partial charge in [0, 0.05) is 0 Å². The zero-order valence-electron chi connectivity index (χ0n) is 8.72. The molecule has 13 heavy (non-hydrogen) atoms. The predicted octanol–water partition coefficient (Wildman–Crippen LogP) is 2.54. The molecular weight excluding hydrogens is 164 g/mol. The molecule has 0 N–H and O–H groups in total. The van der Waals surface area contributed by atoms with E-state index in [1.54, 1.807) is 0 Å². The van der Waals surface area contributed by atoms with Gasteiger partial charge < -0.3 is 4.74 Å². The molecule has 74 valence electrons. The predicted molar refractivity (Wildman–Crippen MR) is 52.3 cm³/mol. The number of methoxy groups -OCH3 is 1. The molecular formula is C11H18O2. The highest BCUT2D eigenvalue weighted by atomic mass is 16.5. The molecule has 0 bridgehead atoms. The summed E-state index contributed by atoms with van der Waals surface area (Å²) < 4.78 is 4.69. The van der Waals surface area contributed by atoms with Gasteiger partial charge in [0.05, 0.1) is 13.5 Å². The molecule has 1 aliphatic carbocycles.